The summed E-state index contributed by atoms with van der Waals surface area (Å²) in [7, 11) is -1.65. The highest BCUT2D eigenvalue weighted by molar-refractivity contribution is 7.89. The molecule has 0 aliphatic heterocycles. The third-order valence-corrected chi connectivity index (χ3v) is 4.10. The van der Waals surface area contributed by atoms with E-state index < -0.39 is 10.0 Å². The quantitative estimate of drug-likeness (QED) is 0.790. The fraction of sp³-hybridized carbons (Fsp3) is 0.462. The number of rotatable bonds is 7. The molecule has 0 aromatic heterocycles. The Morgan fingerprint density at radius 3 is 2.60 bits per heavy atom. The van der Waals surface area contributed by atoms with Gasteiger partial charge in [0.25, 0.3) is 0 Å². The number of carbonyl (C=O) groups is 1. The first kappa shape index (κ1) is 16.5. The molecule has 0 spiro atoms. The highest BCUT2D eigenvalue weighted by Crippen LogP contribution is 2.23. The third-order valence-electron chi connectivity index (χ3n) is 2.70. The van der Waals surface area contributed by atoms with Crippen LogP contribution in [0.1, 0.15) is 19.4 Å². The van der Waals surface area contributed by atoms with Gasteiger partial charge in [0.2, 0.25) is 15.9 Å². The topological polar surface area (TPSA) is 84.5 Å². The fourth-order valence-electron chi connectivity index (χ4n) is 1.70. The van der Waals surface area contributed by atoms with E-state index in [9.17, 15) is 13.2 Å². The molecule has 20 heavy (non-hydrogen) atoms. The van der Waals surface area contributed by atoms with Crippen LogP contribution in [0.3, 0.4) is 0 Å². The van der Waals surface area contributed by atoms with Crippen molar-refractivity contribution in [3.63, 3.8) is 0 Å². The van der Waals surface area contributed by atoms with E-state index in [1.54, 1.807) is 32.2 Å². The van der Waals surface area contributed by atoms with Crippen LogP contribution >= 0.6 is 0 Å². The van der Waals surface area contributed by atoms with Gasteiger partial charge in [-0.25, -0.2) is 13.1 Å². The molecule has 6 nitrogen and oxygen atoms in total. The Morgan fingerprint density at radius 2 is 2.05 bits per heavy atom. The number of hydrogen-bond donors (Lipinski definition) is 2. The van der Waals surface area contributed by atoms with Crippen LogP contribution < -0.4 is 14.8 Å². The summed E-state index contributed by atoms with van der Waals surface area (Å²) in [6.45, 7) is 3.30. The highest BCUT2D eigenvalue weighted by atomic mass is 32.2. The summed E-state index contributed by atoms with van der Waals surface area (Å²) in [5.74, 6) is 0.554. The normalized spacial score (nSPS) is 11.2. The summed E-state index contributed by atoms with van der Waals surface area (Å²) in [6, 6.07) is 5.26. The Kier molecular flexibility index (Phi) is 5.97. The zero-order chi connectivity index (χ0) is 15.2. The van der Waals surface area contributed by atoms with Gasteiger partial charge in [0.1, 0.15) is 5.75 Å². The van der Waals surface area contributed by atoms with E-state index in [0.29, 0.717) is 17.9 Å². The van der Waals surface area contributed by atoms with E-state index in [1.165, 1.54) is 6.92 Å². The minimum Gasteiger partial charge on any atom is -0.496 e. The van der Waals surface area contributed by atoms with Crippen LogP contribution in [0, 0.1) is 0 Å². The van der Waals surface area contributed by atoms with Crippen molar-refractivity contribution < 1.29 is 17.9 Å². The van der Waals surface area contributed by atoms with Crippen LogP contribution in [-0.2, 0) is 21.2 Å². The molecular weight excluding hydrogens is 280 g/mol. The second-order valence-corrected chi connectivity index (χ2v) is 6.35. The van der Waals surface area contributed by atoms with Gasteiger partial charge in [-0.15, -0.1) is 0 Å². The van der Waals surface area contributed by atoms with Crippen LogP contribution in [0.2, 0.25) is 0 Å². The van der Waals surface area contributed by atoms with Crippen molar-refractivity contribution in [3.05, 3.63) is 23.8 Å². The maximum Gasteiger partial charge on any atom is 0.221 e. The lowest BCUT2D eigenvalue weighted by Gasteiger charge is -2.11. The Hall–Kier alpha value is -1.60. The second kappa shape index (κ2) is 7.25. The Bertz CT molecular complexity index is 570. The number of carbonyl (C=O) groups excluding carboxylic acids is 1. The molecule has 112 valence electrons. The van der Waals surface area contributed by atoms with Crippen molar-refractivity contribution >= 4 is 21.6 Å². The van der Waals surface area contributed by atoms with Crippen molar-refractivity contribution in [3.8, 4) is 5.75 Å². The number of hydrogen-bond acceptors (Lipinski definition) is 4. The maximum absolute atomic E-state index is 11.4. The van der Waals surface area contributed by atoms with Crippen LogP contribution in [0.4, 0.5) is 5.69 Å². The van der Waals surface area contributed by atoms with Gasteiger partial charge >= 0.3 is 0 Å². The molecule has 1 amide bonds. The predicted molar refractivity (Wildman–Crippen MR) is 78.5 cm³/mol. The molecule has 1 aromatic rings. The molecule has 0 saturated carbocycles. The average molecular weight is 300 g/mol. The molecule has 0 radical (unpaired) electrons. The first-order valence-electron chi connectivity index (χ1n) is 6.29. The zero-order valence-corrected chi connectivity index (χ0v) is 12.7. The second-order valence-electron chi connectivity index (χ2n) is 4.26. The summed E-state index contributed by atoms with van der Waals surface area (Å²) in [4.78, 5) is 11.0. The largest absolute Gasteiger partial charge is 0.496 e. The number of amides is 1. The van der Waals surface area contributed by atoms with Crippen LogP contribution in [0.25, 0.3) is 0 Å². The minimum atomic E-state index is -3.20. The zero-order valence-electron chi connectivity index (χ0n) is 11.9. The molecule has 0 bridgehead atoms. The number of anilines is 1. The monoisotopic (exact) mass is 300 g/mol. The van der Waals surface area contributed by atoms with E-state index in [4.69, 9.17) is 4.74 Å². The van der Waals surface area contributed by atoms with Crippen molar-refractivity contribution in [1.82, 2.24) is 4.72 Å². The SMILES string of the molecule is CCS(=O)(=O)NCCc1cc(NC(C)=O)ccc1OC. The average Bonchev–Trinajstić information content (AvgIpc) is 2.38. The molecule has 0 saturated heterocycles. The lowest BCUT2D eigenvalue weighted by molar-refractivity contribution is -0.114. The maximum atomic E-state index is 11.4. The van der Waals surface area contributed by atoms with Gasteiger partial charge < -0.3 is 10.1 Å². The van der Waals surface area contributed by atoms with Gasteiger partial charge in [-0.05, 0) is 37.1 Å². The number of sulfonamides is 1. The molecule has 0 atom stereocenters. The van der Waals surface area contributed by atoms with Gasteiger partial charge in [-0.3, -0.25) is 4.79 Å². The number of ether oxygens (including phenoxy) is 1. The van der Waals surface area contributed by atoms with Gasteiger partial charge in [0.05, 0.1) is 12.9 Å². The lowest BCUT2D eigenvalue weighted by Crippen LogP contribution is -2.27. The standard InChI is InChI=1S/C13H20N2O4S/c1-4-20(17,18)14-8-7-11-9-12(15-10(2)16)5-6-13(11)19-3/h5-6,9,14H,4,7-8H2,1-3H3,(H,15,16). The summed E-state index contributed by atoms with van der Waals surface area (Å²) in [5.41, 5.74) is 1.49. The van der Waals surface area contributed by atoms with Gasteiger partial charge in [-0.2, -0.15) is 0 Å². The van der Waals surface area contributed by atoms with Crippen molar-refractivity contribution in [2.24, 2.45) is 0 Å². The van der Waals surface area contributed by atoms with Gasteiger partial charge in [0, 0.05) is 19.2 Å². The Balaban J connectivity index is 2.78. The number of nitrogens with one attached hydrogen (secondary N) is 2. The van der Waals surface area contributed by atoms with E-state index in [0.717, 1.165) is 5.56 Å². The Labute approximate surface area is 119 Å². The molecule has 0 heterocycles. The van der Waals surface area contributed by atoms with Crippen LogP contribution in [0.5, 0.6) is 5.75 Å². The molecule has 0 aliphatic carbocycles. The van der Waals surface area contributed by atoms with Gasteiger partial charge in [0.15, 0.2) is 0 Å². The molecule has 7 heteroatoms. The van der Waals surface area contributed by atoms with Crippen LogP contribution in [0.15, 0.2) is 18.2 Å². The molecule has 0 unspecified atom stereocenters. The van der Waals surface area contributed by atoms with E-state index in [2.05, 4.69) is 10.0 Å². The summed E-state index contributed by atoms with van der Waals surface area (Å²) < 4.78 is 30.4. The summed E-state index contributed by atoms with van der Waals surface area (Å²) in [6.07, 6.45) is 0.482. The molecule has 0 aliphatic rings. The van der Waals surface area contributed by atoms with E-state index in [1.807, 2.05) is 0 Å². The minimum absolute atomic E-state index is 0.0517. The Morgan fingerprint density at radius 1 is 1.35 bits per heavy atom. The highest BCUT2D eigenvalue weighted by Gasteiger charge is 2.09. The molecule has 1 rings (SSSR count). The first-order valence-corrected chi connectivity index (χ1v) is 7.95. The number of methoxy groups -OCH3 is 1. The van der Waals surface area contributed by atoms with Crippen molar-refractivity contribution in [1.29, 1.82) is 0 Å². The summed E-state index contributed by atoms with van der Waals surface area (Å²) in [5, 5.41) is 2.68. The predicted octanol–water partition coefficient (Wildman–Crippen LogP) is 1.14. The number of benzene rings is 1. The van der Waals surface area contributed by atoms with E-state index in [-0.39, 0.29) is 18.2 Å². The summed E-state index contributed by atoms with van der Waals surface area (Å²) >= 11 is 0. The van der Waals surface area contributed by atoms with Crippen LogP contribution in [-0.4, -0.2) is 33.7 Å². The van der Waals surface area contributed by atoms with Crippen molar-refractivity contribution in [2.75, 3.05) is 24.7 Å². The smallest absolute Gasteiger partial charge is 0.221 e. The van der Waals surface area contributed by atoms with Gasteiger partial charge in [-0.1, -0.05) is 0 Å². The molecule has 1 aromatic carbocycles. The molecular formula is C13H20N2O4S. The van der Waals surface area contributed by atoms with Crippen molar-refractivity contribution in [2.45, 2.75) is 20.3 Å². The molecule has 0 fully saturated rings. The molecule has 2 N–H and O–H groups in total. The fourth-order valence-corrected chi connectivity index (χ4v) is 2.32. The first-order chi connectivity index (χ1) is 9.38. The third kappa shape index (κ3) is 5.18. The lowest BCUT2D eigenvalue weighted by atomic mass is 10.1. The van der Waals surface area contributed by atoms with E-state index >= 15 is 0 Å².